The highest BCUT2D eigenvalue weighted by molar-refractivity contribution is 9.10. The van der Waals surface area contributed by atoms with E-state index in [4.69, 9.17) is 0 Å². The van der Waals surface area contributed by atoms with Gasteiger partial charge in [-0.15, -0.1) is 0 Å². The second-order valence-electron chi connectivity index (χ2n) is 4.91. The maximum absolute atomic E-state index is 12.5. The zero-order chi connectivity index (χ0) is 14.2. The number of imide groups is 1. The first kappa shape index (κ1) is 13.8. The molecule has 0 aromatic heterocycles. The number of hydrogen-bond acceptors (Lipinski definition) is 2. The van der Waals surface area contributed by atoms with Gasteiger partial charge in [0.05, 0.1) is 6.54 Å². The van der Waals surface area contributed by atoms with Gasteiger partial charge in [-0.3, -0.25) is 9.69 Å². The first-order chi connectivity index (χ1) is 8.84. The van der Waals surface area contributed by atoms with E-state index >= 15 is 0 Å². The number of carbonyl (C=O) groups is 2. The summed E-state index contributed by atoms with van der Waals surface area (Å²) < 4.78 is 0.867. The number of nitrogens with zero attached hydrogens (tertiary/aromatic N) is 1. The molecule has 0 unspecified atom stereocenters. The van der Waals surface area contributed by atoms with Crippen LogP contribution in [0.15, 0.2) is 40.9 Å². The van der Waals surface area contributed by atoms with Crippen molar-refractivity contribution >= 4 is 27.9 Å². The molecule has 0 spiro atoms. The molecule has 0 radical (unpaired) electrons. The van der Waals surface area contributed by atoms with Crippen LogP contribution >= 0.6 is 15.9 Å². The smallest absolute Gasteiger partial charge is 0.319 e. The fourth-order valence-corrected chi connectivity index (χ4v) is 2.50. The number of amides is 3. The molecule has 1 atom stereocenters. The van der Waals surface area contributed by atoms with Crippen LogP contribution in [0.1, 0.15) is 19.4 Å². The summed E-state index contributed by atoms with van der Waals surface area (Å²) in [5.74, 6) is -0.251. The Morgan fingerprint density at radius 2 is 2.16 bits per heavy atom. The maximum atomic E-state index is 12.5. The Labute approximate surface area is 120 Å². The molecular weight excluding hydrogens is 308 g/mol. The molecule has 0 saturated carbocycles. The zero-order valence-corrected chi connectivity index (χ0v) is 12.5. The second kappa shape index (κ2) is 4.81. The topological polar surface area (TPSA) is 49.4 Å². The van der Waals surface area contributed by atoms with Crippen molar-refractivity contribution in [3.63, 3.8) is 0 Å². The van der Waals surface area contributed by atoms with Crippen LogP contribution in [0.3, 0.4) is 0 Å². The molecule has 5 heteroatoms. The lowest BCUT2D eigenvalue weighted by Crippen LogP contribution is -2.41. The van der Waals surface area contributed by atoms with Crippen LogP contribution in [-0.2, 0) is 10.3 Å². The van der Waals surface area contributed by atoms with Crippen LogP contribution in [0, 0.1) is 0 Å². The Hall–Kier alpha value is -1.62. The van der Waals surface area contributed by atoms with E-state index in [1.807, 2.05) is 24.3 Å². The Morgan fingerprint density at radius 3 is 2.74 bits per heavy atom. The lowest BCUT2D eigenvalue weighted by atomic mass is 9.92. The number of urea groups is 1. The van der Waals surface area contributed by atoms with E-state index in [-0.39, 0.29) is 18.5 Å². The van der Waals surface area contributed by atoms with Gasteiger partial charge in [-0.25, -0.2) is 4.79 Å². The van der Waals surface area contributed by atoms with Gasteiger partial charge in [-0.1, -0.05) is 40.2 Å². The highest BCUT2D eigenvalue weighted by atomic mass is 79.9. The Bertz CT molecular complexity index is 570. The third-order valence-electron chi connectivity index (χ3n) is 3.10. The zero-order valence-electron chi connectivity index (χ0n) is 10.9. The van der Waals surface area contributed by atoms with Crippen molar-refractivity contribution in [1.82, 2.24) is 10.2 Å². The summed E-state index contributed by atoms with van der Waals surface area (Å²) in [4.78, 5) is 25.6. The number of carbonyl (C=O) groups excluding carboxylic acids is 2. The van der Waals surface area contributed by atoms with Crippen LogP contribution in [0.2, 0.25) is 0 Å². The highest BCUT2D eigenvalue weighted by Crippen LogP contribution is 2.30. The van der Waals surface area contributed by atoms with Crippen molar-refractivity contribution in [3.8, 4) is 0 Å². The average Bonchev–Trinajstić information content (AvgIpc) is 2.54. The van der Waals surface area contributed by atoms with Crippen molar-refractivity contribution in [2.24, 2.45) is 0 Å². The molecule has 3 amide bonds. The molecule has 19 heavy (non-hydrogen) atoms. The molecular formula is C14H15BrN2O2. The fourth-order valence-electron chi connectivity index (χ4n) is 2.11. The summed E-state index contributed by atoms with van der Waals surface area (Å²) in [6, 6.07) is 7.00. The van der Waals surface area contributed by atoms with Gasteiger partial charge in [0.2, 0.25) is 0 Å². The first-order valence-electron chi connectivity index (χ1n) is 5.89. The molecule has 100 valence electrons. The Kier molecular flexibility index (Phi) is 3.49. The Balaban J connectivity index is 2.38. The average molecular weight is 323 g/mol. The van der Waals surface area contributed by atoms with E-state index in [0.717, 1.165) is 15.6 Å². The van der Waals surface area contributed by atoms with Gasteiger partial charge in [-0.05, 0) is 31.5 Å². The summed E-state index contributed by atoms with van der Waals surface area (Å²) in [6.45, 7) is 7.49. The summed E-state index contributed by atoms with van der Waals surface area (Å²) in [5.41, 5.74) is 0.502. The predicted octanol–water partition coefficient (Wildman–Crippen LogP) is 2.79. The van der Waals surface area contributed by atoms with Gasteiger partial charge in [0.1, 0.15) is 5.54 Å². The van der Waals surface area contributed by atoms with E-state index in [1.165, 1.54) is 4.90 Å². The van der Waals surface area contributed by atoms with Crippen LogP contribution in [0.4, 0.5) is 4.79 Å². The molecule has 0 bridgehead atoms. The summed E-state index contributed by atoms with van der Waals surface area (Å²) in [6.07, 6.45) is 0. The van der Waals surface area contributed by atoms with Gasteiger partial charge in [-0.2, -0.15) is 0 Å². The summed E-state index contributed by atoms with van der Waals surface area (Å²) in [7, 11) is 0. The summed E-state index contributed by atoms with van der Waals surface area (Å²) >= 11 is 3.37. The molecule has 0 aliphatic carbocycles. The molecule has 1 aromatic rings. The molecule has 1 aliphatic rings. The third kappa shape index (κ3) is 2.42. The predicted molar refractivity (Wildman–Crippen MR) is 76.6 cm³/mol. The lowest BCUT2D eigenvalue weighted by molar-refractivity contribution is -0.130. The number of rotatable bonds is 3. The molecule has 1 aromatic carbocycles. The molecule has 1 heterocycles. The standard InChI is InChI=1S/C14H15BrN2O2/c1-9(2)8-17-12(18)14(3,16-13(17)19)10-5-4-6-11(15)7-10/h4-7H,1,8H2,2-3H3,(H,16,19)/t14-/m1/s1. The lowest BCUT2D eigenvalue weighted by Gasteiger charge is -2.22. The molecule has 1 aliphatic heterocycles. The van der Waals surface area contributed by atoms with E-state index in [2.05, 4.69) is 27.8 Å². The third-order valence-corrected chi connectivity index (χ3v) is 3.60. The van der Waals surface area contributed by atoms with Gasteiger partial charge in [0, 0.05) is 4.47 Å². The minimum absolute atomic E-state index is 0.244. The van der Waals surface area contributed by atoms with E-state index in [9.17, 15) is 9.59 Å². The second-order valence-corrected chi connectivity index (χ2v) is 5.83. The number of halogens is 1. The van der Waals surface area contributed by atoms with Gasteiger partial charge in [0.15, 0.2) is 0 Å². The van der Waals surface area contributed by atoms with Crippen molar-refractivity contribution in [3.05, 3.63) is 46.5 Å². The quantitative estimate of drug-likeness (QED) is 0.687. The number of benzene rings is 1. The van der Waals surface area contributed by atoms with E-state index in [0.29, 0.717) is 0 Å². The Morgan fingerprint density at radius 1 is 1.47 bits per heavy atom. The van der Waals surface area contributed by atoms with Crippen LogP contribution in [-0.4, -0.2) is 23.4 Å². The molecule has 4 nitrogen and oxygen atoms in total. The van der Waals surface area contributed by atoms with Crippen molar-refractivity contribution in [1.29, 1.82) is 0 Å². The van der Waals surface area contributed by atoms with E-state index < -0.39 is 5.54 Å². The fraction of sp³-hybridized carbons (Fsp3) is 0.286. The van der Waals surface area contributed by atoms with Gasteiger partial charge < -0.3 is 5.32 Å². The first-order valence-corrected chi connectivity index (χ1v) is 6.68. The number of nitrogens with one attached hydrogen (secondary N) is 1. The van der Waals surface area contributed by atoms with Crippen molar-refractivity contribution in [2.75, 3.05) is 6.54 Å². The SMILES string of the molecule is C=C(C)CN1C(=O)N[C@](C)(c2cccc(Br)c2)C1=O. The minimum atomic E-state index is -1.02. The highest BCUT2D eigenvalue weighted by Gasteiger charge is 2.48. The van der Waals surface area contributed by atoms with Crippen molar-refractivity contribution in [2.45, 2.75) is 19.4 Å². The van der Waals surface area contributed by atoms with Gasteiger partial charge >= 0.3 is 6.03 Å². The molecule has 2 rings (SSSR count). The largest absolute Gasteiger partial charge is 0.325 e. The van der Waals surface area contributed by atoms with Crippen LogP contribution in [0.5, 0.6) is 0 Å². The van der Waals surface area contributed by atoms with E-state index in [1.54, 1.807) is 13.8 Å². The minimum Gasteiger partial charge on any atom is -0.319 e. The molecule has 1 fully saturated rings. The monoisotopic (exact) mass is 322 g/mol. The van der Waals surface area contributed by atoms with Crippen molar-refractivity contribution < 1.29 is 9.59 Å². The number of hydrogen-bond donors (Lipinski definition) is 1. The maximum Gasteiger partial charge on any atom is 0.325 e. The summed E-state index contributed by atoms with van der Waals surface area (Å²) in [5, 5.41) is 2.75. The van der Waals surface area contributed by atoms with Crippen LogP contribution in [0.25, 0.3) is 0 Å². The molecule has 1 N–H and O–H groups in total. The molecule has 1 saturated heterocycles. The normalized spacial score (nSPS) is 22.6. The van der Waals surface area contributed by atoms with Gasteiger partial charge in [0.25, 0.3) is 5.91 Å². The van der Waals surface area contributed by atoms with Crippen LogP contribution < -0.4 is 5.32 Å².